The molecule has 6 nitrogen and oxygen atoms in total. The van der Waals surface area contributed by atoms with Gasteiger partial charge in [-0.15, -0.1) is 0 Å². The van der Waals surface area contributed by atoms with E-state index in [1.54, 1.807) is 0 Å². The molecule has 0 aliphatic heterocycles. The van der Waals surface area contributed by atoms with Crippen molar-refractivity contribution in [1.29, 1.82) is 0 Å². The maximum absolute atomic E-state index is 10.1. The molecule has 78 valence electrons. The number of aliphatic carboxylic acids is 1. The standard InChI is InChI=1S/C7H14O6/c8-5-6(1-2-7(9)10)12-3-4-13-11/h6,8,11H,1-5H2,(H,9,10). The van der Waals surface area contributed by atoms with Gasteiger partial charge in [-0.2, -0.15) is 0 Å². The molecule has 0 aromatic heterocycles. The number of aliphatic hydroxyl groups is 1. The molecule has 0 aromatic carbocycles. The smallest absolute Gasteiger partial charge is 0.303 e. The van der Waals surface area contributed by atoms with Crippen molar-refractivity contribution in [3.8, 4) is 0 Å². The molecule has 0 rings (SSSR count). The van der Waals surface area contributed by atoms with Gasteiger partial charge in [-0.3, -0.25) is 10.1 Å². The maximum Gasteiger partial charge on any atom is 0.303 e. The minimum Gasteiger partial charge on any atom is -0.481 e. The molecule has 1 atom stereocenters. The van der Waals surface area contributed by atoms with Gasteiger partial charge in [0.1, 0.15) is 6.61 Å². The molecule has 1 unspecified atom stereocenters. The van der Waals surface area contributed by atoms with Gasteiger partial charge in [0.25, 0.3) is 0 Å². The van der Waals surface area contributed by atoms with Crippen molar-refractivity contribution in [2.75, 3.05) is 19.8 Å². The van der Waals surface area contributed by atoms with E-state index >= 15 is 0 Å². The summed E-state index contributed by atoms with van der Waals surface area (Å²) in [5.41, 5.74) is 0. The number of rotatable bonds is 8. The van der Waals surface area contributed by atoms with E-state index in [-0.39, 0.29) is 32.7 Å². The summed E-state index contributed by atoms with van der Waals surface area (Å²) >= 11 is 0. The molecule has 0 aliphatic carbocycles. The topological polar surface area (TPSA) is 96.2 Å². The lowest BCUT2D eigenvalue weighted by atomic mass is 10.2. The zero-order valence-corrected chi connectivity index (χ0v) is 7.18. The normalized spacial score (nSPS) is 12.8. The molecule has 0 saturated carbocycles. The summed E-state index contributed by atoms with van der Waals surface area (Å²) in [7, 11) is 0. The minimum absolute atomic E-state index is 0.00354. The Bertz CT molecular complexity index is 137. The Labute approximate surface area is 75.6 Å². The van der Waals surface area contributed by atoms with Crippen LogP contribution in [0.1, 0.15) is 12.8 Å². The van der Waals surface area contributed by atoms with Crippen molar-refractivity contribution in [3.63, 3.8) is 0 Å². The average molecular weight is 194 g/mol. The fourth-order valence-corrected chi connectivity index (χ4v) is 0.764. The first-order chi connectivity index (χ1) is 6.20. The summed E-state index contributed by atoms with van der Waals surface area (Å²) < 4.78 is 4.98. The van der Waals surface area contributed by atoms with Crippen LogP contribution < -0.4 is 0 Å². The summed E-state index contributed by atoms with van der Waals surface area (Å²) in [6.07, 6.45) is -0.311. The second kappa shape index (κ2) is 7.93. The molecule has 0 aliphatic rings. The molecule has 3 N–H and O–H groups in total. The first kappa shape index (κ1) is 12.3. The third-order valence-corrected chi connectivity index (χ3v) is 1.41. The van der Waals surface area contributed by atoms with Crippen LogP contribution in [0.5, 0.6) is 0 Å². The molecule has 0 fully saturated rings. The Morgan fingerprint density at radius 3 is 2.54 bits per heavy atom. The second-order valence-electron chi connectivity index (χ2n) is 2.44. The first-order valence-corrected chi connectivity index (χ1v) is 3.91. The quantitative estimate of drug-likeness (QED) is 0.279. The summed E-state index contributed by atoms with van der Waals surface area (Å²) in [6.45, 7) is -0.108. The van der Waals surface area contributed by atoms with Gasteiger partial charge < -0.3 is 14.9 Å². The SMILES string of the molecule is O=C(O)CCC(CO)OCCOO. The van der Waals surface area contributed by atoms with E-state index in [1.807, 2.05) is 0 Å². The third-order valence-electron chi connectivity index (χ3n) is 1.41. The molecule has 13 heavy (non-hydrogen) atoms. The van der Waals surface area contributed by atoms with Gasteiger partial charge >= 0.3 is 5.97 Å². The molecule has 0 saturated heterocycles. The molecule has 0 radical (unpaired) electrons. The number of aliphatic hydroxyl groups excluding tert-OH is 1. The Kier molecular flexibility index (Phi) is 7.51. The van der Waals surface area contributed by atoms with Gasteiger partial charge in [-0.1, -0.05) is 0 Å². The van der Waals surface area contributed by atoms with Crippen molar-refractivity contribution in [3.05, 3.63) is 0 Å². The Hall–Kier alpha value is -0.690. The van der Waals surface area contributed by atoms with Gasteiger partial charge in [0.15, 0.2) is 0 Å². The van der Waals surface area contributed by atoms with Crippen molar-refractivity contribution < 1.29 is 29.9 Å². The van der Waals surface area contributed by atoms with Crippen molar-refractivity contribution >= 4 is 5.97 Å². The Balaban J connectivity index is 3.45. The number of hydrogen-bond donors (Lipinski definition) is 3. The van der Waals surface area contributed by atoms with Crippen LogP contribution in [-0.2, 0) is 14.4 Å². The van der Waals surface area contributed by atoms with Crippen LogP contribution in [0.25, 0.3) is 0 Å². The van der Waals surface area contributed by atoms with E-state index in [4.69, 9.17) is 20.2 Å². The van der Waals surface area contributed by atoms with Gasteiger partial charge in [-0.25, -0.2) is 4.89 Å². The molecule has 0 aromatic rings. The monoisotopic (exact) mass is 194 g/mol. The van der Waals surface area contributed by atoms with E-state index in [0.717, 1.165) is 0 Å². The average Bonchev–Trinajstić information content (AvgIpc) is 2.10. The van der Waals surface area contributed by atoms with Gasteiger partial charge in [-0.05, 0) is 6.42 Å². The van der Waals surface area contributed by atoms with Crippen LogP contribution in [0.15, 0.2) is 0 Å². The molecule has 0 spiro atoms. The lowest BCUT2D eigenvalue weighted by molar-refractivity contribution is -0.251. The maximum atomic E-state index is 10.1. The van der Waals surface area contributed by atoms with E-state index < -0.39 is 12.1 Å². The highest BCUT2D eigenvalue weighted by molar-refractivity contribution is 5.66. The van der Waals surface area contributed by atoms with E-state index in [0.29, 0.717) is 0 Å². The van der Waals surface area contributed by atoms with Crippen LogP contribution in [0.4, 0.5) is 0 Å². The summed E-state index contributed by atoms with van der Waals surface area (Å²) in [4.78, 5) is 13.9. The summed E-state index contributed by atoms with van der Waals surface area (Å²) in [5, 5.41) is 25.0. The molecular weight excluding hydrogens is 180 g/mol. The zero-order valence-electron chi connectivity index (χ0n) is 7.18. The molecule has 0 amide bonds. The van der Waals surface area contributed by atoms with Crippen molar-refractivity contribution in [2.24, 2.45) is 0 Å². The molecule has 6 heteroatoms. The van der Waals surface area contributed by atoms with Crippen molar-refractivity contribution in [2.45, 2.75) is 18.9 Å². The lowest BCUT2D eigenvalue weighted by Crippen LogP contribution is -2.21. The zero-order chi connectivity index (χ0) is 10.1. The number of carboxylic acids is 1. The lowest BCUT2D eigenvalue weighted by Gasteiger charge is -2.13. The van der Waals surface area contributed by atoms with Gasteiger partial charge in [0.05, 0.1) is 19.3 Å². The van der Waals surface area contributed by atoms with Crippen molar-refractivity contribution in [1.82, 2.24) is 0 Å². The van der Waals surface area contributed by atoms with E-state index in [9.17, 15) is 4.79 Å². The first-order valence-electron chi connectivity index (χ1n) is 3.91. The van der Waals surface area contributed by atoms with Crippen LogP contribution >= 0.6 is 0 Å². The third kappa shape index (κ3) is 7.66. The number of ether oxygens (including phenoxy) is 1. The predicted molar refractivity (Wildman–Crippen MR) is 42.3 cm³/mol. The second-order valence-corrected chi connectivity index (χ2v) is 2.44. The highest BCUT2D eigenvalue weighted by Crippen LogP contribution is 2.01. The highest BCUT2D eigenvalue weighted by atomic mass is 17.1. The largest absolute Gasteiger partial charge is 0.481 e. The fourth-order valence-electron chi connectivity index (χ4n) is 0.764. The number of carboxylic acid groups (broad SMARTS) is 1. The van der Waals surface area contributed by atoms with Crippen LogP contribution in [-0.4, -0.2) is 47.4 Å². The Morgan fingerprint density at radius 1 is 1.38 bits per heavy atom. The Morgan fingerprint density at radius 2 is 2.08 bits per heavy atom. The number of carbonyl (C=O) groups is 1. The van der Waals surface area contributed by atoms with E-state index in [1.165, 1.54) is 0 Å². The van der Waals surface area contributed by atoms with Crippen LogP contribution in [0.2, 0.25) is 0 Å². The highest BCUT2D eigenvalue weighted by Gasteiger charge is 2.09. The minimum atomic E-state index is -0.930. The van der Waals surface area contributed by atoms with Gasteiger partial charge in [0.2, 0.25) is 0 Å². The fraction of sp³-hybridized carbons (Fsp3) is 0.857. The molecular formula is C7H14O6. The number of hydrogen-bond acceptors (Lipinski definition) is 5. The van der Waals surface area contributed by atoms with Gasteiger partial charge in [0, 0.05) is 6.42 Å². The summed E-state index contributed by atoms with van der Waals surface area (Å²) in [5.74, 6) is -0.930. The predicted octanol–water partition coefficient (Wildman–Crippen LogP) is -0.282. The van der Waals surface area contributed by atoms with Crippen LogP contribution in [0, 0.1) is 0 Å². The molecule has 0 heterocycles. The molecule has 0 bridgehead atoms. The summed E-state index contributed by atoms with van der Waals surface area (Å²) in [6, 6.07) is 0. The van der Waals surface area contributed by atoms with E-state index in [2.05, 4.69) is 4.89 Å². The van der Waals surface area contributed by atoms with Crippen LogP contribution in [0.3, 0.4) is 0 Å².